The lowest BCUT2D eigenvalue weighted by molar-refractivity contribution is -0.0885. The molecule has 13 heteroatoms. The number of benzene rings is 1. The number of halogens is 3. The van der Waals surface area contributed by atoms with Crippen LogP contribution in [0, 0.1) is 0 Å². The van der Waals surface area contributed by atoms with E-state index in [9.17, 15) is 22.8 Å². The van der Waals surface area contributed by atoms with Gasteiger partial charge in [0.25, 0.3) is 5.78 Å². The first-order chi connectivity index (χ1) is 19.7. The number of pyridine rings is 1. The van der Waals surface area contributed by atoms with Gasteiger partial charge in [0.2, 0.25) is 5.82 Å². The van der Waals surface area contributed by atoms with Crippen LogP contribution >= 0.6 is 0 Å². The fourth-order valence-electron chi connectivity index (χ4n) is 4.81. The van der Waals surface area contributed by atoms with Crippen molar-refractivity contribution in [1.29, 1.82) is 0 Å². The Morgan fingerprint density at radius 1 is 1.05 bits per heavy atom. The van der Waals surface area contributed by atoms with E-state index >= 15 is 0 Å². The zero-order valence-corrected chi connectivity index (χ0v) is 22.4. The molecule has 0 aliphatic carbocycles. The number of Topliss-reactive ketones (excluding diaryl/α,β-unsaturated/α-hetero) is 1. The average Bonchev–Trinajstić information content (AvgIpc) is 3.71. The maximum atomic E-state index is 13.8. The van der Waals surface area contributed by atoms with E-state index in [4.69, 9.17) is 0 Å². The highest BCUT2D eigenvalue weighted by Gasteiger charge is 2.41. The van der Waals surface area contributed by atoms with Crippen LogP contribution in [0.5, 0.6) is 0 Å². The van der Waals surface area contributed by atoms with Crippen molar-refractivity contribution < 1.29 is 18.0 Å². The largest absolute Gasteiger partial charge is 0.455 e. The number of nitrogens with zero attached hydrogens (tertiary/aromatic N) is 7. The van der Waals surface area contributed by atoms with Crippen molar-refractivity contribution >= 4 is 5.78 Å². The summed E-state index contributed by atoms with van der Waals surface area (Å²) >= 11 is 0. The normalized spacial score (nSPS) is 11.7. The van der Waals surface area contributed by atoms with Crippen LogP contribution < -0.4 is 5.69 Å². The van der Waals surface area contributed by atoms with Gasteiger partial charge >= 0.3 is 11.9 Å². The van der Waals surface area contributed by atoms with E-state index in [1.54, 1.807) is 30.1 Å². The summed E-state index contributed by atoms with van der Waals surface area (Å²) in [6, 6.07) is 10.5. The molecule has 1 N–H and O–H groups in total. The van der Waals surface area contributed by atoms with E-state index < -0.39 is 23.2 Å². The number of alkyl halides is 3. The summed E-state index contributed by atoms with van der Waals surface area (Å²) in [6.45, 7) is 4.15. The predicted octanol–water partition coefficient (Wildman–Crippen LogP) is 4.84. The third kappa shape index (κ3) is 5.47. The van der Waals surface area contributed by atoms with Gasteiger partial charge < -0.3 is 4.57 Å². The number of ketones is 1. The average molecular weight is 565 g/mol. The number of nitrogens with one attached hydrogen (secondary N) is 1. The van der Waals surface area contributed by atoms with Crippen molar-refractivity contribution in [1.82, 2.24) is 39.3 Å². The standard InChI is InChI=1S/C28H27F3N8O2/c1-3-5-6-21-17-39(26-23(12-14-37(26)4-2)24(40)28(29,30)31)27(41)38(21)16-20-15-32-13-11-22(20)18-7-9-19(10-8-18)25-33-35-36-34-25/h7-15,17H,3-6,16H2,1-2H3,(H,33,34,35,36). The highest BCUT2D eigenvalue weighted by Crippen LogP contribution is 2.28. The molecule has 0 bridgehead atoms. The van der Waals surface area contributed by atoms with Crippen LogP contribution in [-0.2, 0) is 19.5 Å². The van der Waals surface area contributed by atoms with Crippen LogP contribution in [0.3, 0.4) is 0 Å². The molecule has 0 fully saturated rings. The summed E-state index contributed by atoms with van der Waals surface area (Å²) in [5.41, 5.74) is 2.77. The van der Waals surface area contributed by atoms with Crippen molar-refractivity contribution in [2.75, 3.05) is 0 Å². The molecule has 10 nitrogen and oxygen atoms in total. The van der Waals surface area contributed by atoms with Gasteiger partial charge in [-0.25, -0.2) is 4.79 Å². The highest BCUT2D eigenvalue weighted by molar-refractivity contribution is 6.03. The minimum absolute atomic E-state index is 0.0974. The molecule has 212 valence electrons. The van der Waals surface area contributed by atoms with Crippen LogP contribution in [-0.4, -0.2) is 51.3 Å². The number of unbranched alkanes of at least 4 members (excludes halogenated alkanes) is 1. The molecule has 0 unspecified atom stereocenters. The van der Waals surface area contributed by atoms with Gasteiger partial charge in [-0.1, -0.05) is 37.6 Å². The lowest BCUT2D eigenvalue weighted by atomic mass is 10.00. The molecule has 41 heavy (non-hydrogen) atoms. The van der Waals surface area contributed by atoms with Crippen molar-refractivity contribution in [2.45, 2.75) is 52.4 Å². The lowest BCUT2D eigenvalue weighted by Crippen LogP contribution is -2.29. The molecule has 0 atom stereocenters. The van der Waals surface area contributed by atoms with Gasteiger partial charge in [0, 0.05) is 42.6 Å². The van der Waals surface area contributed by atoms with E-state index in [2.05, 4.69) is 25.6 Å². The van der Waals surface area contributed by atoms with E-state index in [0.29, 0.717) is 17.9 Å². The molecule has 0 saturated carbocycles. The second kappa shape index (κ2) is 11.4. The molecule has 5 rings (SSSR count). The molecule has 0 radical (unpaired) electrons. The molecule has 0 amide bonds. The Hall–Kier alpha value is -4.81. The monoisotopic (exact) mass is 564 g/mol. The van der Waals surface area contributed by atoms with Crippen LogP contribution in [0.25, 0.3) is 28.3 Å². The van der Waals surface area contributed by atoms with Crippen molar-refractivity contribution in [3.05, 3.63) is 88.5 Å². The summed E-state index contributed by atoms with van der Waals surface area (Å²) in [6.07, 6.45) is 3.34. The first-order valence-corrected chi connectivity index (χ1v) is 13.1. The van der Waals surface area contributed by atoms with Gasteiger partial charge in [-0.3, -0.25) is 18.9 Å². The van der Waals surface area contributed by atoms with Crippen LogP contribution in [0.2, 0.25) is 0 Å². The highest BCUT2D eigenvalue weighted by atomic mass is 19.4. The van der Waals surface area contributed by atoms with E-state index in [1.165, 1.54) is 10.8 Å². The molecule has 4 heterocycles. The second-order valence-corrected chi connectivity index (χ2v) is 9.47. The third-order valence-electron chi connectivity index (χ3n) is 6.88. The fourth-order valence-corrected chi connectivity index (χ4v) is 4.81. The van der Waals surface area contributed by atoms with Gasteiger partial charge in [0.15, 0.2) is 0 Å². The van der Waals surface area contributed by atoms with Gasteiger partial charge in [0.05, 0.1) is 12.1 Å². The Morgan fingerprint density at radius 2 is 1.80 bits per heavy atom. The number of imidazole rings is 1. The first-order valence-electron chi connectivity index (χ1n) is 13.1. The third-order valence-corrected chi connectivity index (χ3v) is 6.88. The smallest absolute Gasteiger partial charge is 0.334 e. The molecule has 0 aliphatic heterocycles. The Balaban J connectivity index is 1.58. The molecule has 0 saturated heterocycles. The Morgan fingerprint density at radius 3 is 2.46 bits per heavy atom. The second-order valence-electron chi connectivity index (χ2n) is 9.47. The predicted molar refractivity (Wildman–Crippen MR) is 145 cm³/mol. The number of hydrogen-bond acceptors (Lipinski definition) is 6. The van der Waals surface area contributed by atoms with Crippen LogP contribution in [0.4, 0.5) is 13.2 Å². The Labute approximate surface area is 232 Å². The number of carbonyl (C=O) groups excluding carboxylic acids is 1. The molecule has 1 aromatic carbocycles. The number of rotatable bonds is 10. The van der Waals surface area contributed by atoms with Crippen molar-refractivity contribution in [2.24, 2.45) is 0 Å². The first kappa shape index (κ1) is 27.7. The summed E-state index contributed by atoms with van der Waals surface area (Å²) < 4.78 is 44.4. The molecule has 0 spiro atoms. The van der Waals surface area contributed by atoms with Crippen molar-refractivity contribution in [3.63, 3.8) is 0 Å². The SMILES string of the molecule is CCCCc1cn(-c2c(C(=O)C(F)(F)F)ccn2CC)c(=O)n1Cc1cnccc1-c1ccc(-c2nn[nH]n2)cc1. The number of carbonyl (C=O) groups is 1. The topological polar surface area (TPSA) is 116 Å². The molecular weight excluding hydrogens is 537 g/mol. The molecular formula is C28H27F3N8O2. The van der Waals surface area contributed by atoms with Gasteiger partial charge in [0.1, 0.15) is 5.82 Å². The Bertz CT molecular complexity index is 1710. The number of tetrazole rings is 1. The zero-order valence-electron chi connectivity index (χ0n) is 22.4. The fraction of sp³-hybridized carbons (Fsp3) is 0.286. The van der Waals surface area contributed by atoms with Gasteiger partial charge in [-0.05, 0) is 53.8 Å². The van der Waals surface area contributed by atoms with Crippen LogP contribution in [0.1, 0.15) is 48.3 Å². The molecule has 5 aromatic rings. The quantitative estimate of drug-likeness (QED) is 0.243. The molecule has 4 aromatic heterocycles. The maximum absolute atomic E-state index is 13.8. The van der Waals surface area contributed by atoms with E-state index in [1.807, 2.05) is 37.3 Å². The number of aryl methyl sites for hydroxylation is 2. The van der Waals surface area contributed by atoms with Crippen molar-refractivity contribution in [3.8, 4) is 28.3 Å². The summed E-state index contributed by atoms with van der Waals surface area (Å²) in [7, 11) is 0. The maximum Gasteiger partial charge on any atom is 0.455 e. The molecule has 0 aliphatic rings. The summed E-state index contributed by atoms with van der Waals surface area (Å²) in [5.74, 6) is -1.63. The van der Waals surface area contributed by atoms with E-state index in [-0.39, 0.29) is 18.9 Å². The summed E-state index contributed by atoms with van der Waals surface area (Å²) in [5, 5.41) is 14.0. The van der Waals surface area contributed by atoms with E-state index in [0.717, 1.165) is 45.7 Å². The Kier molecular flexibility index (Phi) is 7.68. The minimum Gasteiger partial charge on any atom is -0.334 e. The zero-order chi connectivity index (χ0) is 29.1. The van der Waals surface area contributed by atoms with Gasteiger partial charge in [-0.2, -0.15) is 18.4 Å². The number of H-pyrrole nitrogens is 1. The van der Waals surface area contributed by atoms with Gasteiger partial charge in [-0.15, -0.1) is 10.2 Å². The van der Waals surface area contributed by atoms with Crippen LogP contribution in [0.15, 0.2) is 66.0 Å². The number of hydrogen-bond donors (Lipinski definition) is 1. The number of aromatic amines is 1. The number of aromatic nitrogens is 8. The summed E-state index contributed by atoms with van der Waals surface area (Å²) in [4.78, 5) is 30.4. The lowest BCUT2D eigenvalue weighted by Gasteiger charge is -2.12. The minimum atomic E-state index is -5.07.